The molecule has 1 saturated heterocycles. The molecular formula is C18H18FN3O. The van der Waals surface area contributed by atoms with E-state index in [0.717, 1.165) is 42.2 Å². The Hall–Kier alpha value is -2.40. The number of carbonyl (C=O) groups is 1. The molecule has 4 N–H and O–H groups in total. The Morgan fingerprint density at radius 3 is 2.87 bits per heavy atom. The lowest BCUT2D eigenvalue weighted by Crippen LogP contribution is -2.29. The van der Waals surface area contributed by atoms with Crippen LogP contribution in [0.3, 0.4) is 0 Å². The molecule has 3 aromatic rings. The van der Waals surface area contributed by atoms with E-state index in [4.69, 9.17) is 5.73 Å². The Morgan fingerprint density at radius 2 is 2.13 bits per heavy atom. The van der Waals surface area contributed by atoms with Crippen molar-refractivity contribution in [2.45, 2.75) is 18.8 Å². The zero-order valence-corrected chi connectivity index (χ0v) is 12.7. The quantitative estimate of drug-likeness (QED) is 0.681. The highest BCUT2D eigenvalue weighted by molar-refractivity contribution is 6.16. The predicted octanol–water partition coefficient (Wildman–Crippen LogP) is 3.03. The minimum atomic E-state index is -0.617. The molecule has 2 heterocycles. The van der Waals surface area contributed by atoms with Gasteiger partial charge in [-0.15, -0.1) is 0 Å². The summed E-state index contributed by atoms with van der Waals surface area (Å²) in [6.07, 6.45) is 1.96. The van der Waals surface area contributed by atoms with Crippen molar-refractivity contribution < 1.29 is 9.18 Å². The van der Waals surface area contributed by atoms with Gasteiger partial charge in [0.1, 0.15) is 5.82 Å². The monoisotopic (exact) mass is 311 g/mol. The van der Waals surface area contributed by atoms with Crippen molar-refractivity contribution in [1.29, 1.82) is 0 Å². The minimum Gasteiger partial charge on any atom is -0.366 e. The van der Waals surface area contributed by atoms with Crippen LogP contribution in [0.1, 0.15) is 34.7 Å². The molecule has 0 saturated carbocycles. The summed E-state index contributed by atoms with van der Waals surface area (Å²) in [4.78, 5) is 15.0. The second-order valence-corrected chi connectivity index (χ2v) is 6.15. The Kier molecular flexibility index (Phi) is 3.31. The molecule has 23 heavy (non-hydrogen) atoms. The number of carbonyl (C=O) groups excluding carboxylic acids is 1. The van der Waals surface area contributed by atoms with Crippen LogP contribution in [-0.2, 0) is 0 Å². The molecule has 1 fully saturated rings. The first-order valence-electron chi connectivity index (χ1n) is 7.90. The zero-order valence-electron chi connectivity index (χ0n) is 12.7. The highest BCUT2D eigenvalue weighted by Crippen LogP contribution is 2.38. The Labute approximate surface area is 132 Å². The third-order valence-corrected chi connectivity index (χ3v) is 4.74. The molecule has 4 rings (SSSR count). The third kappa shape index (κ3) is 2.19. The van der Waals surface area contributed by atoms with Crippen LogP contribution in [0, 0.1) is 5.82 Å². The predicted molar refractivity (Wildman–Crippen MR) is 89.1 cm³/mol. The summed E-state index contributed by atoms with van der Waals surface area (Å²) >= 11 is 0. The first-order chi connectivity index (χ1) is 11.2. The van der Waals surface area contributed by atoms with E-state index in [1.54, 1.807) is 0 Å². The van der Waals surface area contributed by atoms with E-state index >= 15 is 0 Å². The number of hydrogen-bond donors (Lipinski definition) is 3. The van der Waals surface area contributed by atoms with Crippen molar-refractivity contribution in [2.24, 2.45) is 5.73 Å². The number of rotatable bonds is 2. The van der Waals surface area contributed by atoms with Gasteiger partial charge in [-0.2, -0.15) is 0 Å². The summed E-state index contributed by atoms with van der Waals surface area (Å²) in [5.74, 6) is -0.856. The average molecular weight is 311 g/mol. The van der Waals surface area contributed by atoms with E-state index in [9.17, 15) is 9.18 Å². The van der Waals surface area contributed by atoms with Gasteiger partial charge < -0.3 is 16.0 Å². The highest BCUT2D eigenvalue weighted by Gasteiger charge is 2.26. The number of benzene rings is 2. The van der Waals surface area contributed by atoms with Gasteiger partial charge in [0.15, 0.2) is 0 Å². The fraction of sp³-hybridized carbons (Fsp3) is 0.278. The van der Waals surface area contributed by atoms with Gasteiger partial charge >= 0.3 is 0 Å². The van der Waals surface area contributed by atoms with Gasteiger partial charge in [-0.1, -0.05) is 18.2 Å². The number of piperidine rings is 1. The van der Waals surface area contributed by atoms with Gasteiger partial charge in [0.05, 0.1) is 11.1 Å². The maximum atomic E-state index is 14.9. The van der Waals surface area contributed by atoms with Crippen molar-refractivity contribution >= 4 is 27.7 Å². The van der Waals surface area contributed by atoms with Crippen molar-refractivity contribution in [1.82, 2.24) is 10.3 Å². The number of primary amides is 1. The van der Waals surface area contributed by atoms with E-state index in [-0.39, 0.29) is 17.3 Å². The maximum absolute atomic E-state index is 14.9. The van der Waals surface area contributed by atoms with Crippen molar-refractivity contribution in [3.8, 4) is 0 Å². The Balaban J connectivity index is 2.10. The Morgan fingerprint density at radius 1 is 1.30 bits per heavy atom. The van der Waals surface area contributed by atoms with Gasteiger partial charge in [-0.3, -0.25) is 4.79 Å². The highest BCUT2D eigenvalue weighted by atomic mass is 19.1. The number of amides is 1. The van der Waals surface area contributed by atoms with Gasteiger partial charge in [-0.05, 0) is 37.4 Å². The number of fused-ring (bicyclic) bond motifs is 3. The van der Waals surface area contributed by atoms with Crippen molar-refractivity contribution in [2.75, 3.05) is 13.1 Å². The normalized spacial score (nSPS) is 18.6. The molecule has 0 aliphatic carbocycles. The fourth-order valence-corrected chi connectivity index (χ4v) is 3.71. The van der Waals surface area contributed by atoms with Gasteiger partial charge in [-0.25, -0.2) is 4.39 Å². The zero-order chi connectivity index (χ0) is 16.0. The van der Waals surface area contributed by atoms with Gasteiger partial charge in [0.2, 0.25) is 0 Å². The van der Waals surface area contributed by atoms with Crippen molar-refractivity contribution in [3.63, 3.8) is 0 Å². The van der Waals surface area contributed by atoms with Crippen LogP contribution in [0.15, 0.2) is 30.3 Å². The van der Waals surface area contributed by atoms with Crippen LogP contribution < -0.4 is 11.1 Å². The number of H-pyrrole nitrogens is 1. The summed E-state index contributed by atoms with van der Waals surface area (Å²) < 4.78 is 14.9. The summed E-state index contributed by atoms with van der Waals surface area (Å²) in [7, 11) is 0. The van der Waals surface area contributed by atoms with E-state index in [0.29, 0.717) is 11.1 Å². The van der Waals surface area contributed by atoms with Crippen LogP contribution in [0.2, 0.25) is 0 Å². The lowest BCUT2D eigenvalue weighted by Gasteiger charge is -2.24. The number of halogens is 1. The number of nitrogens with one attached hydrogen (secondary N) is 2. The van der Waals surface area contributed by atoms with Gasteiger partial charge in [0, 0.05) is 28.4 Å². The molecule has 1 aromatic heterocycles. The molecule has 1 unspecified atom stereocenters. The molecule has 0 spiro atoms. The molecule has 5 heteroatoms. The molecule has 1 aliphatic heterocycles. The molecule has 1 aliphatic rings. The molecule has 1 amide bonds. The van der Waals surface area contributed by atoms with Crippen LogP contribution in [0.5, 0.6) is 0 Å². The molecule has 0 radical (unpaired) electrons. The van der Waals surface area contributed by atoms with E-state index < -0.39 is 5.91 Å². The average Bonchev–Trinajstić information content (AvgIpc) is 2.94. The first kappa shape index (κ1) is 14.2. The van der Waals surface area contributed by atoms with Crippen LogP contribution in [0.4, 0.5) is 4.39 Å². The number of aromatic amines is 1. The number of nitrogens with two attached hydrogens (primary N) is 1. The first-order valence-corrected chi connectivity index (χ1v) is 7.90. The van der Waals surface area contributed by atoms with Crippen LogP contribution in [0.25, 0.3) is 21.8 Å². The van der Waals surface area contributed by atoms with E-state index in [2.05, 4.69) is 10.3 Å². The smallest absolute Gasteiger partial charge is 0.250 e. The fourth-order valence-electron chi connectivity index (χ4n) is 3.71. The summed E-state index contributed by atoms with van der Waals surface area (Å²) in [5, 5.41) is 5.06. The second-order valence-electron chi connectivity index (χ2n) is 6.15. The number of aromatic nitrogens is 1. The maximum Gasteiger partial charge on any atom is 0.250 e. The molecule has 4 nitrogen and oxygen atoms in total. The standard InChI is InChI=1S/C18H18FN3O/c19-13-8-12(18(20)23)17-16(11-5-1-2-6-14(11)22-17)15(13)10-4-3-7-21-9-10/h1-2,5-6,8,10,21-22H,3-4,7,9H2,(H2,20,23). The number of hydrogen-bond acceptors (Lipinski definition) is 2. The summed E-state index contributed by atoms with van der Waals surface area (Å²) in [6, 6.07) is 9.01. The van der Waals surface area contributed by atoms with Gasteiger partial charge in [0.25, 0.3) is 5.91 Å². The van der Waals surface area contributed by atoms with Crippen LogP contribution >= 0.6 is 0 Å². The Bertz CT molecular complexity index is 909. The topological polar surface area (TPSA) is 70.9 Å². The third-order valence-electron chi connectivity index (χ3n) is 4.74. The minimum absolute atomic E-state index is 0.104. The number of para-hydroxylation sites is 1. The van der Waals surface area contributed by atoms with E-state index in [1.807, 2.05) is 24.3 Å². The van der Waals surface area contributed by atoms with Crippen molar-refractivity contribution in [3.05, 3.63) is 47.3 Å². The molecule has 0 bridgehead atoms. The molecule has 1 atom stereocenters. The lowest BCUT2D eigenvalue weighted by atomic mass is 9.87. The lowest BCUT2D eigenvalue weighted by molar-refractivity contribution is 0.100. The molecule has 2 aromatic carbocycles. The largest absolute Gasteiger partial charge is 0.366 e. The summed E-state index contributed by atoms with van der Waals surface area (Å²) in [6.45, 7) is 1.72. The SMILES string of the molecule is NC(=O)c1cc(F)c(C2CCCNC2)c2c1[nH]c1ccccc12. The van der Waals surface area contributed by atoms with Crippen LogP contribution in [-0.4, -0.2) is 24.0 Å². The molecule has 118 valence electrons. The summed E-state index contributed by atoms with van der Waals surface area (Å²) in [5.41, 5.74) is 7.89. The van der Waals surface area contributed by atoms with E-state index in [1.165, 1.54) is 6.07 Å². The molecular weight excluding hydrogens is 293 g/mol. The second kappa shape index (κ2) is 5.35.